The second kappa shape index (κ2) is 5.55. The van der Waals surface area contributed by atoms with Crippen molar-refractivity contribution in [3.8, 4) is 6.07 Å². The molecule has 5 heteroatoms. The van der Waals surface area contributed by atoms with Crippen molar-refractivity contribution in [1.82, 2.24) is 9.55 Å². The Morgan fingerprint density at radius 3 is 2.71 bits per heavy atom. The Balaban J connectivity index is 2.18. The summed E-state index contributed by atoms with van der Waals surface area (Å²) in [6, 6.07) is 14.1. The minimum absolute atomic E-state index is 0.202. The van der Waals surface area contributed by atoms with Crippen LogP contribution in [0.15, 0.2) is 42.5 Å². The molecule has 0 saturated carbocycles. The number of halogens is 2. The van der Waals surface area contributed by atoms with Crippen molar-refractivity contribution in [2.45, 2.75) is 12.4 Å². The molecule has 0 aliphatic heterocycles. The van der Waals surface area contributed by atoms with E-state index < -0.39 is 0 Å². The van der Waals surface area contributed by atoms with Crippen molar-refractivity contribution < 1.29 is 4.39 Å². The van der Waals surface area contributed by atoms with Gasteiger partial charge in [-0.2, -0.15) is 5.26 Å². The second-order valence-electron chi connectivity index (χ2n) is 4.62. The highest BCUT2D eigenvalue weighted by molar-refractivity contribution is 6.16. The van der Waals surface area contributed by atoms with E-state index in [1.165, 1.54) is 6.07 Å². The number of hydrogen-bond acceptors (Lipinski definition) is 2. The van der Waals surface area contributed by atoms with Crippen LogP contribution in [-0.2, 0) is 12.4 Å². The number of para-hydroxylation sites is 1. The number of fused-ring (bicyclic) bond motifs is 1. The van der Waals surface area contributed by atoms with Crippen LogP contribution in [0.3, 0.4) is 0 Å². The Hall–Kier alpha value is -2.38. The molecule has 0 amide bonds. The number of nitriles is 1. The standard InChI is InChI=1S/C16H11ClFN3/c17-8-15-20-16-11(9-19)5-3-7-14(16)21(15)10-12-4-1-2-6-13(12)18/h1-7H,8,10H2. The summed E-state index contributed by atoms with van der Waals surface area (Å²) in [5, 5.41) is 9.15. The van der Waals surface area contributed by atoms with Crippen molar-refractivity contribution in [3.05, 3.63) is 65.2 Å². The van der Waals surface area contributed by atoms with Gasteiger partial charge in [0.2, 0.25) is 0 Å². The first-order valence-electron chi connectivity index (χ1n) is 6.42. The molecule has 3 aromatic rings. The molecule has 0 fully saturated rings. The first kappa shape index (κ1) is 13.6. The van der Waals surface area contributed by atoms with E-state index in [2.05, 4.69) is 11.1 Å². The van der Waals surface area contributed by atoms with Crippen molar-refractivity contribution in [3.63, 3.8) is 0 Å². The number of rotatable bonds is 3. The van der Waals surface area contributed by atoms with Crippen LogP contribution in [0.2, 0.25) is 0 Å². The summed E-state index contributed by atoms with van der Waals surface area (Å²) in [5.74, 6) is 0.558. The number of benzene rings is 2. The van der Waals surface area contributed by atoms with E-state index in [9.17, 15) is 4.39 Å². The van der Waals surface area contributed by atoms with Crippen LogP contribution in [0.25, 0.3) is 11.0 Å². The van der Waals surface area contributed by atoms with Gasteiger partial charge in [-0.3, -0.25) is 0 Å². The zero-order valence-corrected chi connectivity index (χ0v) is 11.8. The third kappa shape index (κ3) is 2.37. The molecular formula is C16H11ClFN3. The van der Waals surface area contributed by atoms with E-state index in [0.29, 0.717) is 29.0 Å². The minimum Gasteiger partial charge on any atom is -0.322 e. The second-order valence-corrected chi connectivity index (χ2v) is 4.89. The van der Waals surface area contributed by atoms with E-state index in [1.807, 2.05) is 10.6 Å². The van der Waals surface area contributed by atoms with Crippen molar-refractivity contribution >= 4 is 22.6 Å². The highest BCUT2D eigenvalue weighted by Gasteiger charge is 2.14. The summed E-state index contributed by atoms with van der Waals surface area (Å²) in [6.45, 7) is 0.333. The SMILES string of the molecule is N#Cc1cccc2c1nc(CCl)n2Cc1ccccc1F. The van der Waals surface area contributed by atoms with E-state index >= 15 is 0 Å². The van der Waals surface area contributed by atoms with Gasteiger partial charge < -0.3 is 4.57 Å². The van der Waals surface area contributed by atoms with Crippen LogP contribution in [0.4, 0.5) is 4.39 Å². The molecule has 0 aliphatic carbocycles. The highest BCUT2D eigenvalue weighted by Crippen LogP contribution is 2.22. The fraction of sp³-hybridized carbons (Fsp3) is 0.125. The van der Waals surface area contributed by atoms with Gasteiger partial charge in [0.1, 0.15) is 23.2 Å². The van der Waals surface area contributed by atoms with E-state index in [1.54, 1.807) is 30.3 Å². The van der Waals surface area contributed by atoms with Gasteiger partial charge in [-0.25, -0.2) is 9.37 Å². The van der Waals surface area contributed by atoms with Crippen LogP contribution >= 0.6 is 11.6 Å². The molecule has 0 spiro atoms. The molecule has 0 N–H and O–H groups in total. The lowest BCUT2D eigenvalue weighted by Crippen LogP contribution is -2.05. The highest BCUT2D eigenvalue weighted by atomic mass is 35.5. The monoisotopic (exact) mass is 299 g/mol. The predicted molar refractivity (Wildman–Crippen MR) is 79.5 cm³/mol. The van der Waals surface area contributed by atoms with E-state index in [4.69, 9.17) is 16.9 Å². The van der Waals surface area contributed by atoms with Crippen LogP contribution in [0.5, 0.6) is 0 Å². The van der Waals surface area contributed by atoms with E-state index in [-0.39, 0.29) is 11.7 Å². The molecule has 104 valence electrons. The van der Waals surface area contributed by atoms with Gasteiger partial charge >= 0.3 is 0 Å². The number of aromatic nitrogens is 2. The number of imidazole rings is 1. The molecule has 0 unspecified atom stereocenters. The summed E-state index contributed by atoms with van der Waals surface area (Å²) in [7, 11) is 0. The topological polar surface area (TPSA) is 41.6 Å². The van der Waals surface area contributed by atoms with Gasteiger partial charge in [0.05, 0.1) is 23.5 Å². The summed E-state index contributed by atoms with van der Waals surface area (Å²) >= 11 is 5.95. The smallest absolute Gasteiger partial charge is 0.128 e. The van der Waals surface area contributed by atoms with Gasteiger partial charge in [0.15, 0.2) is 0 Å². The molecule has 0 radical (unpaired) electrons. The van der Waals surface area contributed by atoms with Crippen molar-refractivity contribution in [2.75, 3.05) is 0 Å². The molecule has 3 nitrogen and oxygen atoms in total. The Morgan fingerprint density at radius 1 is 1.19 bits per heavy atom. The molecule has 0 bridgehead atoms. The quantitative estimate of drug-likeness (QED) is 0.690. The summed E-state index contributed by atoms with van der Waals surface area (Å²) < 4.78 is 15.7. The molecule has 1 aromatic heterocycles. The lowest BCUT2D eigenvalue weighted by molar-refractivity contribution is 0.599. The molecule has 3 rings (SSSR count). The lowest BCUT2D eigenvalue weighted by Gasteiger charge is -2.08. The average Bonchev–Trinajstić information content (AvgIpc) is 2.87. The van der Waals surface area contributed by atoms with E-state index in [0.717, 1.165) is 5.52 Å². The normalized spacial score (nSPS) is 10.7. The maximum atomic E-state index is 13.8. The molecule has 2 aromatic carbocycles. The minimum atomic E-state index is -0.267. The Labute approximate surface area is 126 Å². The first-order valence-corrected chi connectivity index (χ1v) is 6.95. The molecule has 0 aliphatic rings. The third-order valence-electron chi connectivity index (χ3n) is 3.38. The zero-order chi connectivity index (χ0) is 14.8. The number of nitrogens with zero attached hydrogens (tertiary/aromatic N) is 3. The van der Waals surface area contributed by atoms with Gasteiger partial charge in [0, 0.05) is 5.56 Å². The van der Waals surface area contributed by atoms with Gasteiger partial charge in [-0.15, -0.1) is 11.6 Å². The maximum Gasteiger partial charge on any atom is 0.128 e. The van der Waals surface area contributed by atoms with Gasteiger partial charge in [0.25, 0.3) is 0 Å². The third-order valence-corrected chi connectivity index (χ3v) is 3.62. The average molecular weight is 300 g/mol. The maximum absolute atomic E-state index is 13.8. The largest absolute Gasteiger partial charge is 0.322 e. The molecular weight excluding hydrogens is 289 g/mol. The molecule has 1 heterocycles. The zero-order valence-electron chi connectivity index (χ0n) is 11.1. The van der Waals surface area contributed by atoms with Crippen molar-refractivity contribution in [1.29, 1.82) is 5.26 Å². The predicted octanol–water partition coefficient (Wildman–Crippen LogP) is 3.83. The summed E-state index contributed by atoms with van der Waals surface area (Å²) in [4.78, 5) is 4.41. The number of hydrogen-bond donors (Lipinski definition) is 0. The number of alkyl halides is 1. The van der Waals surface area contributed by atoms with Gasteiger partial charge in [-0.05, 0) is 18.2 Å². The molecule has 0 saturated heterocycles. The molecule has 21 heavy (non-hydrogen) atoms. The van der Waals surface area contributed by atoms with Gasteiger partial charge in [-0.1, -0.05) is 24.3 Å². The van der Waals surface area contributed by atoms with Crippen LogP contribution in [-0.4, -0.2) is 9.55 Å². The van der Waals surface area contributed by atoms with Crippen molar-refractivity contribution in [2.24, 2.45) is 0 Å². The Bertz CT molecular complexity index is 848. The van der Waals surface area contributed by atoms with Crippen LogP contribution < -0.4 is 0 Å². The summed E-state index contributed by atoms with van der Waals surface area (Å²) in [5.41, 5.74) is 2.44. The Kier molecular flexibility index (Phi) is 3.59. The first-order chi connectivity index (χ1) is 10.2. The molecule has 0 atom stereocenters. The van der Waals surface area contributed by atoms with Crippen LogP contribution in [0.1, 0.15) is 17.0 Å². The lowest BCUT2D eigenvalue weighted by atomic mass is 10.2. The fourth-order valence-corrected chi connectivity index (χ4v) is 2.56. The fourth-order valence-electron chi connectivity index (χ4n) is 2.36. The Morgan fingerprint density at radius 2 is 2.00 bits per heavy atom. The van der Waals surface area contributed by atoms with Crippen LogP contribution in [0, 0.1) is 17.1 Å². The summed E-state index contributed by atoms with van der Waals surface area (Å²) in [6.07, 6.45) is 0.